The molecule has 1 aliphatic heterocycles. The smallest absolute Gasteiger partial charge is 0.417 e. The first-order chi connectivity index (χ1) is 11.9. The van der Waals surface area contributed by atoms with Crippen LogP contribution < -0.4 is 10.2 Å². The number of aromatic nitrogens is 1. The number of carbonyl (C=O) groups is 1. The Morgan fingerprint density at radius 3 is 2.60 bits per heavy atom. The Kier molecular flexibility index (Phi) is 4.96. The molecule has 8 heteroatoms. The van der Waals surface area contributed by atoms with E-state index in [1.165, 1.54) is 6.07 Å². The number of rotatable bonds is 4. The van der Waals surface area contributed by atoms with Crippen LogP contribution in [0.5, 0.6) is 0 Å². The first-order valence-corrected chi connectivity index (χ1v) is 8.02. The molecule has 5 nitrogen and oxygen atoms in total. The second kappa shape index (κ2) is 7.16. The van der Waals surface area contributed by atoms with E-state index in [1.54, 1.807) is 18.4 Å². The second-order valence-electron chi connectivity index (χ2n) is 5.96. The van der Waals surface area contributed by atoms with Crippen molar-refractivity contribution in [2.45, 2.75) is 25.6 Å². The highest BCUT2D eigenvalue weighted by Gasteiger charge is 2.31. The topological polar surface area (TPSA) is 58.4 Å². The van der Waals surface area contributed by atoms with Crippen molar-refractivity contribution in [1.29, 1.82) is 0 Å². The lowest BCUT2D eigenvalue weighted by Gasteiger charge is -2.32. The predicted octanol–water partition coefficient (Wildman–Crippen LogP) is 3.23. The van der Waals surface area contributed by atoms with Gasteiger partial charge in [0.25, 0.3) is 0 Å². The van der Waals surface area contributed by atoms with E-state index in [0.717, 1.165) is 12.3 Å². The molecule has 1 amide bonds. The molecule has 1 saturated heterocycles. The zero-order chi connectivity index (χ0) is 17.9. The first-order valence-electron chi connectivity index (χ1n) is 8.02. The minimum absolute atomic E-state index is 0.0311. The van der Waals surface area contributed by atoms with E-state index in [4.69, 9.17) is 4.42 Å². The van der Waals surface area contributed by atoms with Crippen LogP contribution in [-0.2, 0) is 17.5 Å². The van der Waals surface area contributed by atoms with Crippen LogP contribution in [0.15, 0.2) is 41.1 Å². The first kappa shape index (κ1) is 17.3. The molecule has 0 radical (unpaired) electrons. The van der Waals surface area contributed by atoms with Gasteiger partial charge in [0.15, 0.2) is 0 Å². The fourth-order valence-electron chi connectivity index (χ4n) is 2.84. The number of furan rings is 1. The summed E-state index contributed by atoms with van der Waals surface area (Å²) in [6.07, 6.45) is -0.724. The van der Waals surface area contributed by atoms with Crippen molar-refractivity contribution in [2.24, 2.45) is 5.92 Å². The summed E-state index contributed by atoms with van der Waals surface area (Å²) in [5, 5.41) is 2.84. The summed E-state index contributed by atoms with van der Waals surface area (Å²) in [5.41, 5.74) is -0.761. The van der Waals surface area contributed by atoms with Gasteiger partial charge in [-0.2, -0.15) is 13.2 Å². The monoisotopic (exact) mass is 353 g/mol. The van der Waals surface area contributed by atoms with Crippen LogP contribution in [0.1, 0.15) is 24.2 Å². The number of carbonyl (C=O) groups excluding carboxylic acids is 1. The van der Waals surface area contributed by atoms with Crippen LogP contribution in [0.4, 0.5) is 19.0 Å². The van der Waals surface area contributed by atoms with Gasteiger partial charge in [0.05, 0.1) is 18.4 Å². The molecule has 1 N–H and O–H groups in total. The summed E-state index contributed by atoms with van der Waals surface area (Å²) in [4.78, 5) is 18.0. The van der Waals surface area contributed by atoms with Crippen LogP contribution in [0, 0.1) is 5.92 Å². The molecule has 0 aliphatic carbocycles. The van der Waals surface area contributed by atoms with Crippen LogP contribution in [-0.4, -0.2) is 24.0 Å². The number of nitrogens with zero attached hydrogens (tertiary/aromatic N) is 2. The van der Waals surface area contributed by atoms with Crippen molar-refractivity contribution in [3.8, 4) is 0 Å². The number of halogens is 3. The van der Waals surface area contributed by atoms with Crippen LogP contribution in [0.2, 0.25) is 0 Å². The van der Waals surface area contributed by atoms with Gasteiger partial charge < -0.3 is 14.6 Å². The number of pyridine rings is 1. The lowest BCUT2D eigenvalue weighted by Crippen LogP contribution is -2.40. The molecule has 2 aromatic rings. The Morgan fingerprint density at radius 2 is 2.04 bits per heavy atom. The Hall–Kier alpha value is -2.51. The van der Waals surface area contributed by atoms with E-state index in [-0.39, 0.29) is 11.8 Å². The molecule has 3 heterocycles. The zero-order valence-electron chi connectivity index (χ0n) is 13.4. The highest BCUT2D eigenvalue weighted by Crippen LogP contribution is 2.30. The van der Waals surface area contributed by atoms with Crippen LogP contribution in [0.25, 0.3) is 0 Å². The maximum absolute atomic E-state index is 12.6. The van der Waals surface area contributed by atoms with E-state index in [9.17, 15) is 18.0 Å². The summed E-state index contributed by atoms with van der Waals surface area (Å²) >= 11 is 0. The molecule has 25 heavy (non-hydrogen) atoms. The van der Waals surface area contributed by atoms with E-state index >= 15 is 0 Å². The Morgan fingerprint density at radius 1 is 1.28 bits per heavy atom. The third-order valence-electron chi connectivity index (χ3n) is 4.28. The number of anilines is 1. The Bertz CT molecular complexity index is 691. The van der Waals surface area contributed by atoms with Crippen molar-refractivity contribution < 1.29 is 22.4 Å². The fourth-order valence-corrected chi connectivity index (χ4v) is 2.84. The lowest BCUT2D eigenvalue weighted by atomic mass is 9.96. The molecule has 0 spiro atoms. The number of nitrogens with one attached hydrogen (secondary N) is 1. The highest BCUT2D eigenvalue weighted by atomic mass is 19.4. The van der Waals surface area contributed by atoms with Crippen LogP contribution in [0.3, 0.4) is 0 Å². The molecule has 0 saturated carbocycles. The maximum atomic E-state index is 12.6. The minimum atomic E-state index is -4.38. The Labute approximate surface area is 142 Å². The quantitative estimate of drug-likeness (QED) is 0.917. The van der Waals surface area contributed by atoms with Crippen LogP contribution >= 0.6 is 0 Å². The van der Waals surface area contributed by atoms with Gasteiger partial charge in [0.2, 0.25) is 5.91 Å². The maximum Gasteiger partial charge on any atom is 0.417 e. The molecular weight excluding hydrogens is 335 g/mol. The number of amides is 1. The number of hydrogen-bond acceptors (Lipinski definition) is 4. The summed E-state index contributed by atoms with van der Waals surface area (Å²) in [6.45, 7) is 1.51. The van der Waals surface area contributed by atoms with Gasteiger partial charge in [0.1, 0.15) is 11.6 Å². The number of piperidine rings is 1. The highest BCUT2D eigenvalue weighted by molar-refractivity contribution is 5.78. The van der Waals surface area contributed by atoms with Crippen molar-refractivity contribution in [2.75, 3.05) is 18.0 Å². The van der Waals surface area contributed by atoms with E-state index < -0.39 is 11.7 Å². The molecule has 0 atom stereocenters. The minimum Gasteiger partial charge on any atom is -0.467 e. The Balaban J connectivity index is 1.50. The van der Waals surface area contributed by atoms with Gasteiger partial charge in [-0.05, 0) is 37.1 Å². The normalized spacial score (nSPS) is 16.0. The average Bonchev–Trinajstić information content (AvgIpc) is 3.13. The molecule has 2 aromatic heterocycles. The van der Waals surface area contributed by atoms with Gasteiger partial charge in [0, 0.05) is 25.2 Å². The van der Waals surface area contributed by atoms with Gasteiger partial charge in [-0.25, -0.2) is 4.98 Å². The van der Waals surface area contributed by atoms with Gasteiger partial charge in [-0.15, -0.1) is 0 Å². The second-order valence-corrected chi connectivity index (χ2v) is 5.96. The SMILES string of the molecule is O=C(NCc1ccco1)C1CCN(c2ccc(C(F)(F)F)cn2)CC1. The molecule has 0 bridgehead atoms. The van der Waals surface area contributed by atoms with Gasteiger partial charge in [-0.3, -0.25) is 4.79 Å². The largest absolute Gasteiger partial charge is 0.467 e. The molecule has 0 unspecified atom stereocenters. The predicted molar refractivity (Wildman–Crippen MR) is 84.7 cm³/mol. The molecule has 1 aliphatic rings. The fraction of sp³-hybridized carbons (Fsp3) is 0.412. The molecule has 0 aromatic carbocycles. The summed E-state index contributed by atoms with van der Waals surface area (Å²) in [6, 6.07) is 5.96. The molecular formula is C17H18F3N3O2. The van der Waals surface area contributed by atoms with Crippen molar-refractivity contribution in [3.63, 3.8) is 0 Å². The summed E-state index contributed by atoms with van der Waals surface area (Å²) < 4.78 is 42.9. The average molecular weight is 353 g/mol. The molecule has 134 valence electrons. The van der Waals surface area contributed by atoms with E-state index in [0.29, 0.717) is 44.1 Å². The lowest BCUT2D eigenvalue weighted by molar-refractivity contribution is -0.137. The zero-order valence-corrected chi connectivity index (χ0v) is 13.4. The summed E-state index contributed by atoms with van der Waals surface area (Å²) in [7, 11) is 0. The third-order valence-corrected chi connectivity index (χ3v) is 4.28. The standard InChI is InChI=1S/C17H18F3N3O2/c18-17(19,20)13-3-4-15(21-10-13)23-7-5-12(6-8-23)16(24)22-11-14-2-1-9-25-14/h1-4,9-10,12H,5-8,11H2,(H,22,24). The van der Waals surface area contributed by atoms with Gasteiger partial charge in [-0.1, -0.05) is 0 Å². The van der Waals surface area contributed by atoms with Crippen molar-refractivity contribution in [3.05, 3.63) is 48.0 Å². The van der Waals surface area contributed by atoms with Crippen molar-refractivity contribution in [1.82, 2.24) is 10.3 Å². The van der Waals surface area contributed by atoms with E-state index in [2.05, 4.69) is 10.3 Å². The third kappa shape index (κ3) is 4.32. The van der Waals surface area contributed by atoms with E-state index in [1.807, 2.05) is 4.90 Å². The number of hydrogen-bond donors (Lipinski definition) is 1. The summed E-state index contributed by atoms with van der Waals surface area (Å²) in [5.74, 6) is 1.05. The number of alkyl halides is 3. The molecule has 3 rings (SSSR count). The van der Waals surface area contributed by atoms with Crippen molar-refractivity contribution >= 4 is 11.7 Å². The molecule has 1 fully saturated rings. The van der Waals surface area contributed by atoms with Gasteiger partial charge >= 0.3 is 6.18 Å².